The SMILES string of the molecule is C#Cc1cccc(Nc2ncnc3cc(OCCOC)c(NC(=O)C=C4CCN(C(=O)O)CC4)cc23)c1. The van der Waals surface area contributed by atoms with E-state index in [1.54, 1.807) is 19.2 Å². The van der Waals surface area contributed by atoms with Gasteiger partial charge in [0, 0.05) is 49.0 Å². The standard InChI is InChI=1S/C27H27N5O5/c1-3-18-5-4-6-20(13-18)30-26-21-15-23(24(37-12-11-36-2)16-22(21)28-17-29-26)31-25(33)14-19-7-9-32(10-8-19)27(34)35/h1,4-6,13-17H,7-12H2,2H3,(H,31,33)(H,34,35)(H,28,29,30). The second-order valence-corrected chi connectivity index (χ2v) is 8.34. The maximum absolute atomic E-state index is 12.9. The van der Waals surface area contributed by atoms with Gasteiger partial charge in [-0.15, -0.1) is 6.42 Å². The van der Waals surface area contributed by atoms with Crippen LogP contribution in [0.2, 0.25) is 0 Å². The van der Waals surface area contributed by atoms with Crippen molar-refractivity contribution in [1.82, 2.24) is 14.9 Å². The number of terminal acetylenes is 1. The van der Waals surface area contributed by atoms with Gasteiger partial charge in [-0.05, 0) is 37.1 Å². The molecular weight excluding hydrogens is 474 g/mol. The minimum absolute atomic E-state index is 0.284. The van der Waals surface area contributed by atoms with Crippen molar-refractivity contribution in [3.8, 4) is 18.1 Å². The maximum atomic E-state index is 12.9. The quantitative estimate of drug-likeness (QED) is 0.240. The summed E-state index contributed by atoms with van der Waals surface area (Å²) in [6.07, 6.45) is 8.56. The molecule has 0 bridgehead atoms. The Morgan fingerprint density at radius 2 is 2.00 bits per heavy atom. The second kappa shape index (κ2) is 11.9. The number of carboxylic acid groups (broad SMARTS) is 1. The zero-order valence-electron chi connectivity index (χ0n) is 20.4. The molecule has 2 heterocycles. The molecule has 190 valence electrons. The van der Waals surface area contributed by atoms with Gasteiger partial charge < -0.3 is 30.1 Å². The average Bonchev–Trinajstić information content (AvgIpc) is 2.90. The number of benzene rings is 2. The number of aromatic nitrogens is 2. The van der Waals surface area contributed by atoms with Gasteiger partial charge in [0.15, 0.2) is 0 Å². The number of amides is 2. The molecule has 0 radical (unpaired) electrons. The number of nitrogens with zero attached hydrogens (tertiary/aromatic N) is 3. The largest absolute Gasteiger partial charge is 0.489 e. The van der Waals surface area contributed by atoms with E-state index in [0.717, 1.165) is 16.8 Å². The first-order chi connectivity index (χ1) is 18.0. The normalized spacial score (nSPS) is 13.1. The summed E-state index contributed by atoms with van der Waals surface area (Å²) in [7, 11) is 1.58. The minimum atomic E-state index is -0.949. The summed E-state index contributed by atoms with van der Waals surface area (Å²) in [6, 6.07) is 10.9. The third-order valence-electron chi connectivity index (χ3n) is 5.84. The number of carbonyl (C=O) groups excluding carboxylic acids is 1. The van der Waals surface area contributed by atoms with Crippen LogP contribution in [-0.2, 0) is 9.53 Å². The second-order valence-electron chi connectivity index (χ2n) is 8.34. The summed E-state index contributed by atoms with van der Waals surface area (Å²) in [5, 5.41) is 16.0. The summed E-state index contributed by atoms with van der Waals surface area (Å²) in [4.78, 5) is 34.1. The van der Waals surface area contributed by atoms with Crippen LogP contribution in [0.5, 0.6) is 5.75 Å². The average molecular weight is 502 g/mol. The van der Waals surface area contributed by atoms with Crippen molar-refractivity contribution in [1.29, 1.82) is 0 Å². The molecule has 1 saturated heterocycles. The molecule has 10 nitrogen and oxygen atoms in total. The molecule has 3 aromatic rings. The molecule has 2 amide bonds. The van der Waals surface area contributed by atoms with E-state index >= 15 is 0 Å². The number of nitrogens with one attached hydrogen (secondary N) is 2. The Hall–Kier alpha value is -4.62. The summed E-state index contributed by atoms with van der Waals surface area (Å²) >= 11 is 0. The summed E-state index contributed by atoms with van der Waals surface area (Å²) in [5.41, 5.74) is 3.45. The van der Waals surface area contributed by atoms with Gasteiger partial charge in [-0.25, -0.2) is 14.8 Å². The fourth-order valence-electron chi connectivity index (χ4n) is 3.94. The fourth-order valence-corrected chi connectivity index (χ4v) is 3.94. The number of carbonyl (C=O) groups is 2. The Bertz CT molecular complexity index is 1370. The van der Waals surface area contributed by atoms with Gasteiger partial charge in [-0.3, -0.25) is 4.79 Å². The molecule has 3 N–H and O–H groups in total. The van der Waals surface area contributed by atoms with Crippen molar-refractivity contribution in [2.45, 2.75) is 12.8 Å². The Morgan fingerprint density at radius 3 is 2.73 bits per heavy atom. The first-order valence-corrected chi connectivity index (χ1v) is 11.7. The number of hydrogen-bond acceptors (Lipinski definition) is 7. The van der Waals surface area contributed by atoms with E-state index in [4.69, 9.17) is 21.0 Å². The van der Waals surface area contributed by atoms with Crippen molar-refractivity contribution in [2.24, 2.45) is 0 Å². The van der Waals surface area contributed by atoms with Crippen LogP contribution in [0.25, 0.3) is 10.9 Å². The van der Waals surface area contributed by atoms with Crippen molar-refractivity contribution in [3.63, 3.8) is 0 Å². The third-order valence-corrected chi connectivity index (χ3v) is 5.84. The van der Waals surface area contributed by atoms with Crippen LogP contribution in [-0.4, -0.2) is 65.4 Å². The number of anilines is 3. The Kier molecular flexibility index (Phi) is 8.18. The molecule has 37 heavy (non-hydrogen) atoms. The number of hydrogen-bond donors (Lipinski definition) is 3. The van der Waals surface area contributed by atoms with Gasteiger partial charge in [-0.1, -0.05) is 17.6 Å². The number of likely N-dealkylation sites (tertiary alicyclic amines) is 1. The molecule has 1 aliphatic rings. The van der Waals surface area contributed by atoms with Crippen LogP contribution in [0.4, 0.5) is 22.0 Å². The molecule has 4 rings (SSSR count). The van der Waals surface area contributed by atoms with Crippen LogP contribution < -0.4 is 15.4 Å². The highest BCUT2D eigenvalue weighted by atomic mass is 16.5. The third kappa shape index (κ3) is 6.54. The van der Waals surface area contributed by atoms with E-state index in [1.165, 1.54) is 17.3 Å². The van der Waals surface area contributed by atoms with E-state index in [0.29, 0.717) is 60.7 Å². The predicted octanol–water partition coefficient (Wildman–Crippen LogP) is 4.02. The molecule has 0 saturated carbocycles. The molecule has 2 aromatic carbocycles. The number of ether oxygens (including phenoxy) is 2. The fraction of sp³-hybridized carbons (Fsp3) is 0.259. The van der Waals surface area contributed by atoms with E-state index in [-0.39, 0.29) is 12.5 Å². The first-order valence-electron chi connectivity index (χ1n) is 11.7. The summed E-state index contributed by atoms with van der Waals surface area (Å²) in [6.45, 7) is 1.38. The van der Waals surface area contributed by atoms with Crippen molar-refractivity contribution >= 4 is 40.1 Å². The smallest absolute Gasteiger partial charge is 0.407 e. The van der Waals surface area contributed by atoms with Crippen molar-refractivity contribution in [3.05, 3.63) is 59.9 Å². The van der Waals surface area contributed by atoms with E-state index in [1.807, 2.05) is 24.3 Å². The lowest BCUT2D eigenvalue weighted by atomic mass is 10.0. The molecule has 0 unspecified atom stereocenters. The van der Waals surface area contributed by atoms with E-state index < -0.39 is 6.09 Å². The Morgan fingerprint density at radius 1 is 1.19 bits per heavy atom. The first kappa shape index (κ1) is 25.5. The maximum Gasteiger partial charge on any atom is 0.407 e. The molecule has 0 spiro atoms. The topological polar surface area (TPSA) is 126 Å². The van der Waals surface area contributed by atoms with Gasteiger partial charge in [0.05, 0.1) is 17.8 Å². The molecule has 0 atom stereocenters. The molecule has 1 aliphatic heterocycles. The van der Waals surface area contributed by atoms with Crippen LogP contribution in [0.3, 0.4) is 0 Å². The Balaban J connectivity index is 1.62. The number of rotatable bonds is 8. The van der Waals surface area contributed by atoms with Gasteiger partial charge in [0.2, 0.25) is 5.91 Å². The summed E-state index contributed by atoms with van der Waals surface area (Å²) in [5.74, 6) is 3.26. The lowest BCUT2D eigenvalue weighted by Gasteiger charge is -2.25. The van der Waals surface area contributed by atoms with Crippen LogP contribution in [0.1, 0.15) is 18.4 Å². The Labute approximate surface area is 214 Å². The van der Waals surface area contributed by atoms with Gasteiger partial charge in [0.1, 0.15) is 24.5 Å². The molecule has 1 fully saturated rings. The highest BCUT2D eigenvalue weighted by molar-refractivity contribution is 6.04. The van der Waals surface area contributed by atoms with Crippen molar-refractivity contribution in [2.75, 3.05) is 44.0 Å². The highest BCUT2D eigenvalue weighted by Crippen LogP contribution is 2.33. The van der Waals surface area contributed by atoms with Gasteiger partial charge in [-0.2, -0.15) is 0 Å². The highest BCUT2D eigenvalue weighted by Gasteiger charge is 2.19. The monoisotopic (exact) mass is 501 g/mol. The molecule has 0 aliphatic carbocycles. The van der Waals surface area contributed by atoms with Crippen LogP contribution in [0.15, 0.2) is 54.4 Å². The van der Waals surface area contributed by atoms with E-state index in [2.05, 4.69) is 26.5 Å². The molecule has 10 heteroatoms. The number of methoxy groups -OCH3 is 1. The van der Waals surface area contributed by atoms with Gasteiger partial charge in [0.25, 0.3) is 0 Å². The van der Waals surface area contributed by atoms with Crippen LogP contribution >= 0.6 is 0 Å². The zero-order chi connectivity index (χ0) is 26.2. The zero-order valence-corrected chi connectivity index (χ0v) is 20.4. The minimum Gasteiger partial charge on any atom is -0.489 e. The number of fused-ring (bicyclic) bond motifs is 1. The predicted molar refractivity (Wildman–Crippen MR) is 140 cm³/mol. The van der Waals surface area contributed by atoms with E-state index in [9.17, 15) is 9.59 Å². The lowest BCUT2D eigenvalue weighted by molar-refractivity contribution is -0.112. The van der Waals surface area contributed by atoms with Crippen LogP contribution in [0, 0.1) is 12.3 Å². The van der Waals surface area contributed by atoms with Gasteiger partial charge >= 0.3 is 6.09 Å². The molecular formula is C27H27N5O5. The van der Waals surface area contributed by atoms with Crippen molar-refractivity contribution < 1.29 is 24.2 Å². The number of piperidine rings is 1. The lowest BCUT2D eigenvalue weighted by Crippen LogP contribution is -2.35. The molecule has 1 aromatic heterocycles. The summed E-state index contributed by atoms with van der Waals surface area (Å²) < 4.78 is 11.0.